The molecule has 0 amide bonds. The lowest BCUT2D eigenvalue weighted by Gasteiger charge is -2.12. The van der Waals surface area contributed by atoms with Gasteiger partial charge in [-0.1, -0.05) is 18.2 Å². The second-order valence-electron chi connectivity index (χ2n) is 7.64. The smallest absolute Gasteiger partial charge is 0.475 e. The molecule has 168 valence electrons. The van der Waals surface area contributed by atoms with Crippen LogP contribution in [0, 0.1) is 5.82 Å². The summed E-state index contributed by atoms with van der Waals surface area (Å²) in [6, 6.07) is 13.6. The lowest BCUT2D eigenvalue weighted by atomic mass is 10.1. The first-order valence-electron chi connectivity index (χ1n) is 9.86. The molecule has 2 aromatic heterocycles. The number of benzene rings is 2. The third-order valence-corrected chi connectivity index (χ3v) is 5.53. The van der Waals surface area contributed by atoms with Gasteiger partial charge in [0, 0.05) is 42.2 Å². The molecule has 32 heavy (non-hydrogen) atoms. The quantitative estimate of drug-likeness (QED) is 0.413. The molecule has 0 fully saturated rings. The van der Waals surface area contributed by atoms with E-state index in [1.807, 2.05) is 11.6 Å². The van der Waals surface area contributed by atoms with Crippen molar-refractivity contribution in [2.75, 3.05) is 0 Å². The van der Waals surface area contributed by atoms with Gasteiger partial charge in [0.1, 0.15) is 11.6 Å². The minimum Gasteiger partial charge on any atom is -0.475 e. The summed E-state index contributed by atoms with van der Waals surface area (Å²) in [5.41, 5.74) is 5.66. The van der Waals surface area contributed by atoms with Crippen LogP contribution in [-0.4, -0.2) is 37.8 Å². The van der Waals surface area contributed by atoms with E-state index in [0.717, 1.165) is 24.2 Å². The molecule has 1 atom stereocenters. The number of nitrogens with zero attached hydrogens (tertiary/aromatic N) is 2. The number of aryl methyl sites for hydroxylation is 1. The molecule has 2 aromatic carbocycles. The van der Waals surface area contributed by atoms with Crippen molar-refractivity contribution in [3.05, 3.63) is 65.4 Å². The maximum Gasteiger partial charge on any atom is 0.490 e. The first-order chi connectivity index (χ1) is 15.1. The zero-order chi connectivity index (χ0) is 23.0. The molecule has 0 radical (unpaired) electrons. The monoisotopic (exact) mass is 448 g/mol. The molecule has 5 rings (SSSR count). The molecule has 1 aliphatic carbocycles. The van der Waals surface area contributed by atoms with E-state index >= 15 is 0 Å². The third kappa shape index (κ3) is 4.31. The number of halogens is 4. The van der Waals surface area contributed by atoms with Gasteiger partial charge in [0.2, 0.25) is 0 Å². The predicted molar refractivity (Wildman–Crippen MR) is 111 cm³/mol. The molecule has 0 bridgehead atoms. The summed E-state index contributed by atoms with van der Waals surface area (Å²) < 4.78 is 47.2. The number of nitrogens with one attached hydrogen (secondary N) is 2. The molecule has 0 spiro atoms. The van der Waals surface area contributed by atoms with Crippen molar-refractivity contribution in [3.8, 4) is 0 Å². The molecular weight excluding hydrogens is 428 g/mol. The number of fused-ring (bicyclic) bond motifs is 4. The highest BCUT2D eigenvalue weighted by molar-refractivity contribution is 5.85. The van der Waals surface area contributed by atoms with Crippen molar-refractivity contribution >= 4 is 27.9 Å². The number of H-pyrrole nitrogens is 1. The normalized spacial score (nSPS) is 15.6. The minimum absolute atomic E-state index is 0.244. The lowest BCUT2D eigenvalue weighted by Crippen LogP contribution is -2.30. The van der Waals surface area contributed by atoms with Gasteiger partial charge < -0.3 is 20.0 Å². The molecular formula is C22H20F4N4O2. The molecule has 0 saturated heterocycles. The van der Waals surface area contributed by atoms with Crippen LogP contribution >= 0.6 is 0 Å². The van der Waals surface area contributed by atoms with Crippen LogP contribution in [0.4, 0.5) is 17.6 Å². The highest BCUT2D eigenvalue weighted by Crippen LogP contribution is 2.30. The van der Waals surface area contributed by atoms with Crippen LogP contribution in [0.25, 0.3) is 21.9 Å². The van der Waals surface area contributed by atoms with Gasteiger partial charge in [-0.2, -0.15) is 13.2 Å². The lowest BCUT2D eigenvalue weighted by molar-refractivity contribution is -0.192. The first kappa shape index (κ1) is 21.8. The van der Waals surface area contributed by atoms with Gasteiger partial charge in [-0.25, -0.2) is 14.2 Å². The van der Waals surface area contributed by atoms with Crippen molar-refractivity contribution in [1.82, 2.24) is 19.9 Å². The van der Waals surface area contributed by atoms with E-state index in [0.29, 0.717) is 18.1 Å². The number of imidazole rings is 1. The topological polar surface area (TPSA) is 82.9 Å². The Balaban J connectivity index is 0.000000307. The van der Waals surface area contributed by atoms with E-state index in [-0.39, 0.29) is 5.82 Å². The number of para-hydroxylation sites is 1. The van der Waals surface area contributed by atoms with Gasteiger partial charge in [-0.05, 0) is 30.2 Å². The average Bonchev–Trinajstić information content (AvgIpc) is 3.37. The van der Waals surface area contributed by atoms with Gasteiger partial charge >= 0.3 is 12.1 Å². The third-order valence-electron chi connectivity index (χ3n) is 5.53. The fraction of sp³-hybridized carbons (Fsp3) is 0.273. The maximum absolute atomic E-state index is 13.4. The summed E-state index contributed by atoms with van der Waals surface area (Å²) in [5, 5.41) is 12.1. The summed E-state index contributed by atoms with van der Waals surface area (Å²) in [4.78, 5) is 17.0. The molecule has 10 heteroatoms. The number of aromatic amines is 1. The van der Waals surface area contributed by atoms with Crippen LogP contribution in [0.5, 0.6) is 0 Å². The molecule has 0 aliphatic heterocycles. The molecule has 2 heterocycles. The fourth-order valence-electron chi connectivity index (χ4n) is 3.99. The Morgan fingerprint density at radius 1 is 1.25 bits per heavy atom. The van der Waals surface area contributed by atoms with Crippen molar-refractivity contribution in [2.24, 2.45) is 7.05 Å². The summed E-state index contributed by atoms with van der Waals surface area (Å²) in [5.74, 6) is -2.07. The second kappa shape index (κ2) is 8.27. The van der Waals surface area contributed by atoms with E-state index < -0.39 is 12.1 Å². The number of aliphatic carboxylic acids is 1. The number of carboxylic acid groups (broad SMARTS) is 1. The molecule has 3 N–H and O–H groups in total. The predicted octanol–water partition coefficient (Wildman–Crippen LogP) is 4.08. The van der Waals surface area contributed by atoms with Crippen molar-refractivity contribution in [1.29, 1.82) is 0 Å². The standard InChI is InChI=1S/C20H19FN4.C2HF3O2/c1-25-19-7-6-12(21)8-18(19)24-20(25)11-22-13-9-15-14-4-2-3-5-16(14)23-17(15)10-13;3-2(4,5)1(6)7/h2-8,13,22-23H,9-11H2,1H3;(H,6,7). The van der Waals surface area contributed by atoms with E-state index in [2.05, 4.69) is 39.6 Å². The van der Waals surface area contributed by atoms with E-state index in [9.17, 15) is 17.6 Å². The average molecular weight is 448 g/mol. The molecule has 0 saturated carbocycles. The van der Waals surface area contributed by atoms with E-state index in [1.165, 1.54) is 34.3 Å². The minimum atomic E-state index is -5.08. The van der Waals surface area contributed by atoms with Crippen LogP contribution in [0.3, 0.4) is 0 Å². The number of hydrogen-bond acceptors (Lipinski definition) is 3. The molecule has 4 aromatic rings. The zero-order valence-corrected chi connectivity index (χ0v) is 17.0. The van der Waals surface area contributed by atoms with Crippen LogP contribution in [0.2, 0.25) is 0 Å². The largest absolute Gasteiger partial charge is 0.490 e. The Bertz CT molecular complexity index is 1290. The van der Waals surface area contributed by atoms with Crippen molar-refractivity contribution < 1.29 is 27.5 Å². The Labute approximate surface area is 179 Å². The zero-order valence-electron chi connectivity index (χ0n) is 17.0. The Morgan fingerprint density at radius 2 is 1.97 bits per heavy atom. The number of carbonyl (C=O) groups is 1. The molecule has 6 nitrogen and oxygen atoms in total. The van der Waals surface area contributed by atoms with Gasteiger partial charge in [-0.3, -0.25) is 0 Å². The van der Waals surface area contributed by atoms with Gasteiger partial charge in [0.25, 0.3) is 0 Å². The fourth-order valence-corrected chi connectivity index (χ4v) is 3.99. The molecule has 1 unspecified atom stereocenters. The van der Waals surface area contributed by atoms with Crippen molar-refractivity contribution in [3.63, 3.8) is 0 Å². The number of aromatic nitrogens is 3. The summed E-state index contributed by atoms with van der Waals surface area (Å²) in [6.07, 6.45) is -3.06. The van der Waals surface area contributed by atoms with Gasteiger partial charge in [-0.15, -0.1) is 0 Å². The Morgan fingerprint density at radius 3 is 2.69 bits per heavy atom. The Kier molecular flexibility index (Phi) is 5.64. The SMILES string of the molecule is Cn1c(CNC2Cc3[nH]c4ccccc4c3C2)nc2cc(F)ccc21.O=C(O)C(F)(F)F. The van der Waals surface area contributed by atoms with Gasteiger partial charge in [0.05, 0.1) is 17.6 Å². The number of carboxylic acids is 1. The summed E-state index contributed by atoms with van der Waals surface area (Å²) in [7, 11) is 1.98. The number of rotatable bonds is 3. The van der Waals surface area contributed by atoms with Crippen molar-refractivity contribution in [2.45, 2.75) is 31.6 Å². The van der Waals surface area contributed by atoms with Crippen LogP contribution in [-0.2, 0) is 31.2 Å². The van der Waals surface area contributed by atoms with E-state index in [4.69, 9.17) is 9.90 Å². The first-order valence-corrected chi connectivity index (χ1v) is 9.86. The Hall–Kier alpha value is -3.40. The van der Waals surface area contributed by atoms with E-state index in [1.54, 1.807) is 6.07 Å². The number of hydrogen-bond donors (Lipinski definition) is 3. The maximum atomic E-state index is 13.4. The van der Waals surface area contributed by atoms with Crippen LogP contribution < -0.4 is 5.32 Å². The highest BCUT2D eigenvalue weighted by atomic mass is 19.4. The van der Waals surface area contributed by atoms with Crippen LogP contribution in [0.15, 0.2) is 42.5 Å². The summed E-state index contributed by atoms with van der Waals surface area (Å²) in [6.45, 7) is 0.680. The summed E-state index contributed by atoms with van der Waals surface area (Å²) >= 11 is 0. The van der Waals surface area contributed by atoms with Gasteiger partial charge in [0.15, 0.2) is 0 Å². The highest BCUT2D eigenvalue weighted by Gasteiger charge is 2.38. The number of alkyl halides is 3. The van der Waals surface area contributed by atoms with Crippen LogP contribution in [0.1, 0.15) is 17.1 Å². The second-order valence-corrected chi connectivity index (χ2v) is 7.64. The molecule has 1 aliphatic rings.